The van der Waals surface area contributed by atoms with Gasteiger partial charge in [0.2, 0.25) is 23.6 Å². The predicted molar refractivity (Wildman–Crippen MR) is 121 cm³/mol. The molecule has 172 valence electrons. The molecule has 7 nitrogen and oxygen atoms in total. The van der Waals surface area contributed by atoms with Crippen LogP contribution in [-0.4, -0.2) is 51.6 Å². The van der Waals surface area contributed by atoms with E-state index in [1.807, 2.05) is 63.3 Å². The smallest absolute Gasteiger partial charge is 0.242 e. The number of allylic oxidation sites excluding steroid dienone is 2. The third-order valence-electron chi connectivity index (χ3n) is 6.01. The van der Waals surface area contributed by atoms with Crippen LogP contribution in [0.2, 0.25) is 0 Å². The molecule has 0 aromatic heterocycles. The average Bonchev–Trinajstić information content (AvgIpc) is 2.99. The third kappa shape index (κ3) is 5.44. The first-order chi connectivity index (χ1) is 15.1. The molecule has 1 aliphatic heterocycles. The van der Waals surface area contributed by atoms with Crippen molar-refractivity contribution in [2.24, 2.45) is 11.8 Å². The molecule has 1 aromatic rings. The monoisotopic (exact) mass is 439 g/mol. The molecule has 0 unspecified atom stereocenters. The van der Waals surface area contributed by atoms with Gasteiger partial charge in [-0.2, -0.15) is 0 Å². The standard InChI is InChI=1S/C25H33N3O4/c1-17(22(30)26-25(2,3)4)28(16-18-10-6-5-7-11-18)21(29)14-15-27-23(31)19-12-8-9-13-20(19)24(27)32/h5-11,17,19-20H,12-16H2,1-4H3,(H,26,30)/t17-,19-,20+/m0/s1. The Morgan fingerprint density at radius 2 is 1.62 bits per heavy atom. The molecule has 7 heteroatoms. The van der Waals surface area contributed by atoms with E-state index in [4.69, 9.17) is 0 Å². The van der Waals surface area contributed by atoms with Crippen molar-refractivity contribution in [3.8, 4) is 0 Å². The summed E-state index contributed by atoms with van der Waals surface area (Å²) in [4.78, 5) is 54.2. The largest absolute Gasteiger partial charge is 0.350 e. The lowest BCUT2D eigenvalue weighted by molar-refractivity contribution is -0.144. The Labute approximate surface area is 189 Å². The lowest BCUT2D eigenvalue weighted by atomic mass is 9.85. The molecule has 0 spiro atoms. The van der Waals surface area contributed by atoms with Crippen molar-refractivity contribution >= 4 is 23.6 Å². The van der Waals surface area contributed by atoms with Crippen LogP contribution in [0.4, 0.5) is 0 Å². The molecule has 2 aliphatic rings. The summed E-state index contributed by atoms with van der Waals surface area (Å²) in [6, 6.07) is 8.77. The number of rotatable bonds is 7. The maximum atomic E-state index is 13.2. The van der Waals surface area contributed by atoms with Gasteiger partial charge in [-0.05, 0) is 46.1 Å². The van der Waals surface area contributed by atoms with E-state index in [1.54, 1.807) is 6.92 Å². The van der Waals surface area contributed by atoms with Crippen LogP contribution >= 0.6 is 0 Å². The van der Waals surface area contributed by atoms with Gasteiger partial charge in [-0.25, -0.2) is 0 Å². The summed E-state index contributed by atoms with van der Waals surface area (Å²) in [5, 5.41) is 2.93. The molecule has 32 heavy (non-hydrogen) atoms. The highest BCUT2D eigenvalue weighted by atomic mass is 16.2. The van der Waals surface area contributed by atoms with Crippen molar-refractivity contribution < 1.29 is 19.2 Å². The Kier molecular flexibility index (Phi) is 7.16. The van der Waals surface area contributed by atoms with E-state index in [0.717, 1.165) is 5.56 Å². The lowest BCUT2D eigenvalue weighted by Gasteiger charge is -2.32. The minimum Gasteiger partial charge on any atom is -0.350 e. The number of amides is 4. The van der Waals surface area contributed by atoms with Crippen molar-refractivity contribution in [1.82, 2.24) is 15.1 Å². The van der Waals surface area contributed by atoms with Crippen molar-refractivity contribution in [3.63, 3.8) is 0 Å². The zero-order chi connectivity index (χ0) is 23.5. The summed E-state index contributed by atoms with van der Waals surface area (Å²) in [6.07, 6.45) is 5.02. The fourth-order valence-corrected chi connectivity index (χ4v) is 4.28. The summed E-state index contributed by atoms with van der Waals surface area (Å²) in [5.41, 5.74) is 0.479. The van der Waals surface area contributed by atoms with E-state index in [9.17, 15) is 19.2 Å². The number of carbonyl (C=O) groups excluding carboxylic acids is 4. The second-order valence-corrected chi connectivity index (χ2v) is 9.66. The zero-order valence-corrected chi connectivity index (χ0v) is 19.3. The number of fused-ring (bicyclic) bond motifs is 1. The fourth-order valence-electron chi connectivity index (χ4n) is 4.28. The predicted octanol–water partition coefficient (Wildman–Crippen LogP) is 2.66. The quantitative estimate of drug-likeness (QED) is 0.523. The van der Waals surface area contributed by atoms with Crippen LogP contribution in [0.15, 0.2) is 42.5 Å². The second-order valence-electron chi connectivity index (χ2n) is 9.66. The molecule has 0 saturated carbocycles. The van der Waals surface area contributed by atoms with Crippen LogP contribution in [0.1, 0.15) is 52.5 Å². The molecule has 1 aliphatic carbocycles. The Balaban J connectivity index is 1.71. The van der Waals surface area contributed by atoms with Crippen molar-refractivity contribution in [2.75, 3.05) is 6.54 Å². The van der Waals surface area contributed by atoms with Gasteiger partial charge in [0.25, 0.3) is 0 Å². The van der Waals surface area contributed by atoms with Gasteiger partial charge < -0.3 is 10.2 Å². The number of hydrogen-bond acceptors (Lipinski definition) is 4. The maximum absolute atomic E-state index is 13.2. The average molecular weight is 440 g/mol. The summed E-state index contributed by atoms with van der Waals surface area (Å²) in [5.74, 6) is -1.50. The molecule has 4 amide bonds. The topological polar surface area (TPSA) is 86.8 Å². The molecule has 1 aromatic carbocycles. The number of likely N-dealkylation sites (tertiary alicyclic amines) is 1. The van der Waals surface area contributed by atoms with Crippen LogP contribution in [0, 0.1) is 11.8 Å². The van der Waals surface area contributed by atoms with Crippen LogP contribution < -0.4 is 5.32 Å². The van der Waals surface area contributed by atoms with Crippen LogP contribution in [-0.2, 0) is 25.7 Å². The number of hydrogen-bond donors (Lipinski definition) is 1. The van der Waals surface area contributed by atoms with E-state index in [-0.39, 0.29) is 55.0 Å². The van der Waals surface area contributed by atoms with Gasteiger partial charge in [0.15, 0.2) is 0 Å². The molecular formula is C25H33N3O4. The van der Waals surface area contributed by atoms with Gasteiger partial charge in [0.1, 0.15) is 6.04 Å². The summed E-state index contributed by atoms with van der Waals surface area (Å²) in [6.45, 7) is 7.69. The summed E-state index contributed by atoms with van der Waals surface area (Å²) >= 11 is 0. The maximum Gasteiger partial charge on any atom is 0.242 e. The number of nitrogens with zero attached hydrogens (tertiary/aromatic N) is 2. The van der Waals surface area contributed by atoms with E-state index < -0.39 is 11.6 Å². The van der Waals surface area contributed by atoms with E-state index >= 15 is 0 Å². The van der Waals surface area contributed by atoms with Gasteiger partial charge in [-0.1, -0.05) is 42.5 Å². The molecule has 1 N–H and O–H groups in total. The molecule has 1 fully saturated rings. The van der Waals surface area contributed by atoms with Gasteiger partial charge in [0.05, 0.1) is 11.8 Å². The minimum atomic E-state index is -0.696. The normalized spacial score (nSPS) is 21.3. The van der Waals surface area contributed by atoms with Gasteiger partial charge in [-0.15, -0.1) is 0 Å². The van der Waals surface area contributed by atoms with Crippen molar-refractivity contribution in [1.29, 1.82) is 0 Å². The summed E-state index contributed by atoms with van der Waals surface area (Å²) < 4.78 is 0. The number of carbonyl (C=O) groups is 4. The first-order valence-electron chi connectivity index (χ1n) is 11.2. The Morgan fingerprint density at radius 3 is 2.16 bits per heavy atom. The molecular weight excluding hydrogens is 406 g/mol. The van der Waals surface area contributed by atoms with Gasteiger partial charge in [0, 0.05) is 25.0 Å². The van der Waals surface area contributed by atoms with Gasteiger partial charge in [-0.3, -0.25) is 24.1 Å². The molecule has 0 radical (unpaired) electrons. The minimum absolute atomic E-state index is 0.00960. The second kappa shape index (κ2) is 9.67. The molecule has 3 rings (SSSR count). The Bertz CT molecular complexity index is 878. The lowest BCUT2D eigenvalue weighted by Crippen LogP contribution is -2.52. The number of imide groups is 1. The SMILES string of the molecule is C[C@@H](C(=O)NC(C)(C)C)N(Cc1ccccc1)C(=O)CCN1C(=O)[C@H]2CC=CC[C@H]2C1=O. The first-order valence-corrected chi connectivity index (χ1v) is 11.2. The zero-order valence-electron chi connectivity index (χ0n) is 19.3. The highest BCUT2D eigenvalue weighted by molar-refractivity contribution is 6.05. The van der Waals surface area contributed by atoms with Crippen LogP contribution in [0.3, 0.4) is 0 Å². The fraction of sp³-hybridized carbons (Fsp3) is 0.520. The van der Waals surface area contributed by atoms with E-state index in [1.165, 1.54) is 9.80 Å². The number of benzene rings is 1. The van der Waals surface area contributed by atoms with Gasteiger partial charge >= 0.3 is 0 Å². The first kappa shape index (κ1) is 23.7. The van der Waals surface area contributed by atoms with Crippen LogP contribution in [0.5, 0.6) is 0 Å². The van der Waals surface area contributed by atoms with E-state index in [0.29, 0.717) is 12.8 Å². The van der Waals surface area contributed by atoms with E-state index in [2.05, 4.69) is 5.32 Å². The van der Waals surface area contributed by atoms with Crippen molar-refractivity contribution in [3.05, 3.63) is 48.0 Å². The Morgan fingerprint density at radius 1 is 1.06 bits per heavy atom. The highest BCUT2D eigenvalue weighted by Crippen LogP contribution is 2.35. The third-order valence-corrected chi connectivity index (χ3v) is 6.01. The molecule has 3 atom stereocenters. The van der Waals surface area contributed by atoms with Crippen LogP contribution in [0.25, 0.3) is 0 Å². The summed E-state index contributed by atoms with van der Waals surface area (Å²) in [7, 11) is 0. The highest BCUT2D eigenvalue weighted by Gasteiger charge is 2.47. The van der Waals surface area contributed by atoms with Crippen molar-refractivity contribution in [2.45, 2.75) is 65.1 Å². The molecule has 0 bridgehead atoms. The molecule has 1 saturated heterocycles. The number of nitrogens with one attached hydrogen (secondary N) is 1. The molecule has 1 heterocycles. The Hall–Kier alpha value is -2.96.